The van der Waals surface area contributed by atoms with Gasteiger partial charge >= 0.3 is 0 Å². The van der Waals surface area contributed by atoms with Crippen LogP contribution in [0.4, 0.5) is 0 Å². The van der Waals surface area contributed by atoms with Crippen LogP contribution in [0.15, 0.2) is 0 Å². The van der Waals surface area contributed by atoms with Crippen LogP contribution in [0.2, 0.25) is 0 Å². The van der Waals surface area contributed by atoms with E-state index in [0.29, 0.717) is 6.42 Å². The highest BCUT2D eigenvalue weighted by molar-refractivity contribution is 5.84. The Kier molecular flexibility index (Phi) is 3.89. The molecule has 0 spiro atoms. The number of fused-ring (bicyclic) bond motifs is 1. The number of nitrogens with zero attached hydrogens (tertiary/aromatic N) is 3. The number of rotatable bonds is 5. The SMILES string of the molecule is Cc1nc2c(c(C)nn2C)c(C)c1CCC(=O)NCC1CC1. The van der Waals surface area contributed by atoms with Crippen molar-refractivity contribution in [2.45, 2.75) is 46.5 Å². The molecule has 0 atom stereocenters. The molecule has 5 heteroatoms. The van der Waals surface area contributed by atoms with E-state index in [9.17, 15) is 4.79 Å². The standard InChI is InChI=1S/C17H24N4O/c1-10-14(7-8-15(22)18-9-13-5-6-13)11(2)19-17-16(10)12(3)20-21(17)4/h13H,5-9H2,1-4H3,(H,18,22). The van der Waals surface area contributed by atoms with Gasteiger partial charge in [0.15, 0.2) is 5.65 Å². The average molecular weight is 300 g/mol. The molecule has 2 aromatic heterocycles. The molecule has 0 aliphatic heterocycles. The van der Waals surface area contributed by atoms with E-state index in [2.05, 4.69) is 22.3 Å². The molecule has 2 heterocycles. The molecule has 22 heavy (non-hydrogen) atoms. The van der Waals surface area contributed by atoms with Gasteiger partial charge < -0.3 is 5.32 Å². The first-order chi connectivity index (χ1) is 10.5. The zero-order valence-electron chi connectivity index (χ0n) is 13.9. The van der Waals surface area contributed by atoms with Gasteiger partial charge in [0.1, 0.15) is 0 Å². The van der Waals surface area contributed by atoms with Crippen LogP contribution < -0.4 is 5.32 Å². The average Bonchev–Trinajstić information content (AvgIpc) is 3.23. The van der Waals surface area contributed by atoms with Gasteiger partial charge in [-0.15, -0.1) is 0 Å². The number of carbonyl (C=O) groups excluding carboxylic acids is 1. The zero-order valence-corrected chi connectivity index (χ0v) is 13.9. The monoisotopic (exact) mass is 300 g/mol. The van der Waals surface area contributed by atoms with Crippen molar-refractivity contribution in [1.82, 2.24) is 20.1 Å². The number of nitrogens with one attached hydrogen (secondary N) is 1. The van der Waals surface area contributed by atoms with Gasteiger partial charge in [0.25, 0.3) is 0 Å². The van der Waals surface area contributed by atoms with E-state index in [1.165, 1.54) is 24.0 Å². The minimum atomic E-state index is 0.147. The third-order valence-corrected chi connectivity index (χ3v) is 4.62. The van der Waals surface area contributed by atoms with Crippen LogP contribution in [0, 0.1) is 26.7 Å². The first-order valence-electron chi connectivity index (χ1n) is 8.03. The molecule has 2 aromatic rings. The molecule has 1 N–H and O–H groups in total. The van der Waals surface area contributed by atoms with Crippen LogP contribution in [-0.2, 0) is 18.3 Å². The summed E-state index contributed by atoms with van der Waals surface area (Å²) in [5, 5.41) is 8.62. The van der Waals surface area contributed by atoms with Gasteiger partial charge in [0, 0.05) is 31.1 Å². The molecule has 1 aliphatic rings. The van der Waals surface area contributed by atoms with Crippen molar-refractivity contribution in [2.24, 2.45) is 13.0 Å². The van der Waals surface area contributed by atoms with Gasteiger partial charge in [0.2, 0.25) is 5.91 Å². The molecule has 0 unspecified atom stereocenters. The summed E-state index contributed by atoms with van der Waals surface area (Å²) in [7, 11) is 1.92. The Morgan fingerprint density at radius 1 is 1.27 bits per heavy atom. The summed E-state index contributed by atoms with van der Waals surface area (Å²) in [6.45, 7) is 6.99. The number of aryl methyl sites for hydroxylation is 4. The van der Waals surface area contributed by atoms with Crippen LogP contribution >= 0.6 is 0 Å². The highest BCUT2D eigenvalue weighted by atomic mass is 16.1. The second-order valence-corrected chi connectivity index (χ2v) is 6.46. The number of amides is 1. The molecule has 5 nitrogen and oxygen atoms in total. The Labute approximate surface area is 131 Å². The quantitative estimate of drug-likeness (QED) is 0.922. The van der Waals surface area contributed by atoms with Crippen molar-refractivity contribution in [3.05, 3.63) is 22.5 Å². The zero-order chi connectivity index (χ0) is 15.9. The lowest BCUT2D eigenvalue weighted by atomic mass is 9.99. The number of pyridine rings is 1. The Bertz CT molecular complexity index is 728. The topological polar surface area (TPSA) is 59.8 Å². The second-order valence-electron chi connectivity index (χ2n) is 6.46. The van der Waals surface area contributed by atoms with E-state index < -0.39 is 0 Å². The van der Waals surface area contributed by atoms with E-state index in [1.54, 1.807) is 0 Å². The predicted octanol–water partition coefficient (Wildman–Crippen LogP) is 2.35. The van der Waals surface area contributed by atoms with Crippen LogP contribution in [0.1, 0.15) is 41.8 Å². The van der Waals surface area contributed by atoms with E-state index in [-0.39, 0.29) is 5.91 Å². The summed E-state index contributed by atoms with van der Waals surface area (Å²) >= 11 is 0. The normalized spacial score (nSPS) is 14.5. The largest absolute Gasteiger partial charge is 0.356 e. The minimum Gasteiger partial charge on any atom is -0.356 e. The van der Waals surface area contributed by atoms with Gasteiger partial charge in [-0.05, 0) is 57.1 Å². The van der Waals surface area contributed by atoms with Crippen molar-refractivity contribution >= 4 is 16.9 Å². The fraction of sp³-hybridized carbons (Fsp3) is 0.588. The number of hydrogen-bond donors (Lipinski definition) is 1. The van der Waals surface area contributed by atoms with Crippen molar-refractivity contribution in [3.8, 4) is 0 Å². The lowest BCUT2D eigenvalue weighted by Gasteiger charge is -2.11. The van der Waals surface area contributed by atoms with E-state index in [0.717, 1.165) is 41.3 Å². The minimum absolute atomic E-state index is 0.147. The Balaban J connectivity index is 1.77. The molecule has 0 radical (unpaired) electrons. The maximum atomic E-state index is 12.0. The molecule has 118 valence electrons. The molecule has 1 amide bonds. The van der Waals surface area contributed by atoms with Crippen molar-refractivity contribution < 1.29 is 4.79 Å². The second kappa shape index (κ2) is 5.71. The lowest BCUT2D eigenvalue weighted by molar-refractivity contribution is -0.121. The highest BCUT2D eigenvalue weighted by Crippen LogP contribution is 2.28. The first kappa shape index (κ1) is 15.0. The smallest absolute Gasteiger partial charge is 0.220 e. The Morgan fingerprint density at radius 3 is 2.68 bits per heavy atom. The maximum absolute atomic E-state index is 12.0. The van der Waals surface area contributed by atoms with Gasteiger partial charge in [-0.1, -0.05) is 0 Å². The lowest BCUT2D eigenvalue weighted by Crippen LogP contribution is -2.25. The molecule has 0 saturated heterocycles. The van der Waals surface area contributed by atoms with Crippen LogP contribution in [-0.4, -0.2) is 27.2 Å². The van der Waals surface area contributed by atoms with Gasteiger partial charge in [-0.3, -0.25) is 9.48 Å². The third kappa shape index (κ3) is 2.85. The summed E-state index contributed by atoms with van der Waals surface area (Å²) < 4.78 is 1.83. The summed E-state index contributed by atoms with van der Waals surface area (Å²) in [6.07, 6.45) is 3.80. The Hall–Kier alpha value is -1.91. The maximum Gasteiger partial charge on any atom is 0.220 e. The molecule has 1 saturated carbocycles. The number of aromatic nitrogens is 3. The molecule has 0 bridgehead atoms. The summed E-state index contributed by atoms with van der Waals surface area (Å²) in [5.74, 6) is 0.872. The van der Waals surface area contributed by atoms with Gasteiger partial charge in [0.05, 0.1) is 5.69 Å². The van der Waals surface area contributed by atoms with Crippen LogP contribution in [0.25, 0.3) is 11.0 Å². The summed E-state index contributed by atoms with van der Waals surface area (Å²) in [5.41, 5.74) is 5.33. The third-order valence-electron chi connectivity index (χ3n) is 4.62. The van der Waals surface area contributed by atoms with Crippen molar-refractivity contribution in [1.29, 1.82) is 0 Å². The van der Waals surface area contributed by atoms with Crippen LogP contribution in [0.5, 0.6) is 0 Å². The predicted molar refractivity (Wildman–Crippen MR) is 86.8 cm³/mol. The molecular weight excluding hydrogens is 276 g/mol. The summed E-state index contributed by atoms with van der Waals surface area (Å²) in [4.78, 5) is 16.6. The number of carbonyl (C=O) groups is 1. The Morgan fingerprint density at radius 2 is 2.00 bits per heavy atom. The molecule has 1 aliphatic carbocycles. The molecule has 1 fully saturated rings. The fourth-order valence-electron chi connectivity index (χ4n) is 3.14. The molecule has 3 rings (SSSR count). The van der Waals surface area contributed by atoms with E-state index in [1.807, 2.05) is 25.6 Å². The highest BCUT2D eigenvalue weighted by Gasteiger charge is 2.21. The molecule has 0 aromatic carbocycles. The first-order valence-corrected chi connectivity index (χ1v) is 8.03. The van der Waals surface area contributed by atoms with E-state index in [4.69, 9.17) is 0 Å². The van der Waals surface area contributed by atoms with Crippen LogP contribution in [0.3, 0.4) is 0 Å². The van der Waals surface area contributed by atoms with E-state index >= 15 is 0 Å². The van der Waals surface area contributed by atoms with Gasteiger partial charge in [-0.25, -0.2) is 4.98 Å². The molecular formula is C17H24N4O. The summed E-state index contributed by atoms with van der Waals surface area (Å²) in [6, 6.07) is 0. The van der Waals surface area contributed by atoms with Crippen molar-refractivity contribution in [2.75, 3.05) is 6.54 Å². The number of hydrogen-bond acceptors (Lipinski definition) is 3. The van der Waals surface area contributed by atoms with Gasteiger partial charge in [-0.2, -0.15) is 5.10 Å². The fourth-order valence-corrected chi connectivity index (χ4v) is 3.14. The van der Waals surface area contributed by atoms with Crippen molar-refractivity contribution in [3.63, 3.8) is 0 Å².